The van der Waals surface area contributed by atoms with Gasteiger partial charge < -0.3 is 4.74 Å². The number of alkyl halides is 1. The van der Waals surface area contributed by atoms with Gasteiger partial charge >= 0.3 is 0 Å². The van der Waals surface area contributed by atoms with Gasteiger partial charge in [-0.2, -0.15) is 0 Å². The minimum atomic E-state index is -0.338. The van der Waals surface area contributed by atoms with E-state index in [9.17, 15) is 4.39 Å². The minimum Gasteiger partial charge on any atom is -0.481 e. The van der Waals surface area contributed by atoms with Crippen molar-refractivity contribution in [2.24, 2.45) is 0 Å². The molecule has 0 amide bonds. The van der Waals surface area contributed by atoms with Crippen LogP contribution < -0.4 is 4.74 Å². The molecule has 0 N–H and O–H groups in total. The van der Waals surface area contributed by atoms with Crippen molar-refractivity contribution in [2.45, 2.75) is 18.7 Å². The molecule has 1 atom stereocenters. The van der Waals surface area contributed by atoms with Crippen molar-refractivity contribution in [1.82, 2.24) is 9.97 Å². The smallest absolute Gasteiger partial charge is 0.216 e. The molecule has 1 unspecified atom stereocenters. The monoisotopic (exact) mass is 280 g/mol. The molecular formula is C14H14ClFN2O. The maximum Gasteiger partial charge on any atom is 0.216 e. The van der Waals surface area contributed by atoms with Gasteiger partial charge in [-0.3, -0.25) is 0 Å². The van der Waals surface area contributed by atoms with E-state index in [1.165, 1.54) is 18.5 Å². The first-order valence-corrected chi connectivity index (χ1v) is 6.29. The van der Waals surface area contributed by atoms with Crippen molar-refractivity contribution in [2.75, 3.05) is 7.11 Å². The van der Waals surface area contributed by atoms with Crippen molar-refractivity contribution < 1.29 is 9.13 Å². The summed E-state index contributed by atoms with van der Waals surface area (Å²) < 4.78 is 18.3. The second-order valence-electron chi connectivity index (χ2n) is 4.22. The van der Waals surface area contributed by atoms with E-state index >= 15 is 0 Å². The zero-order valence-corrected chi connectivity index (χ0v) is 11.5. The second kappa shape index (κ2) is 5.97. The van der Waals surface area contributed by atoms with Gasteiger partial charge in [-0.1, -0.05) is 6.07 Å². The van der Waals surface area contributed by atoms with Crippen LogP contribution in [0.15, 0.2) is 30.6 Å². The van der Waals surface area contributed by atoms with E-state index in [1.54, 1.807) is 19.2 Å². The van der Waals surface area contributed by atoms with Crippen LogP contribution in [0.2, 0.25) is 0 Å². The first kappa shape index (κ1) is 13.7. The predicted octanol–water partition coefficient (Wildman–Crippen LogP) is 3.46. The fourth-order valence-corrected chi connectivity index (χ4v) is 2.24. The van der Waals surface area contributed by atoms with Gasteiger partial charge in [0.05, 0.1) is 12.5 Å². The summed E-state index contributed by atoms with van der Waals surface area (Å²) in [5.41, 5.74) is 2.50. The number of hydrogen-bond donors (Lipinski definition) is 0. The van der Waals surface area contributed by atoms with Crippen molar-refractivity contribution in [3.63, 3.8) is 0 Å². The lowest BCUT2D eigenvalue weighted by atomic mass is 10.0. The van der Waals surface area contributed by atoms with Crippen molar-refractivity contribution in [1.29, 1.82) is 0 Å². The van der Waals surface area contributed by atoms with Gasteiger partial charge in [0.25, 0.3) is 0 Å². The van der Waals surface area contributed by atoms with Crippen molar-refractivity contribution in [3.8, 4) is 5.88 Å². The Balaban J connectivity index is 2.20. The number of rotatable bonds is 4. The van der Waals surface area contributed by atoms with Gasteiger partial charge in [0, 0.05) is 18.2 Å². The Morgan fingerprint density at radius 3 is 2.84 bits per heavy atom. The van der Waals surface area contributed by atoms with E-state index in [1.807, 2.05) is 6.92 Å². The highest BCUT2D eigenvalue weighted by atomic mass is 35.5. The summed E-state index contributed by atoms with van der Waals surface area (Å²) >= 11 is 6.35. The van der Waals surface area contributed by atoms with Crippen LogP contribution in [0.4, 0.5) is 4.39 Å². The molecule has 1 heterocycles. The van der Waals surface area contributed by atoms with Gasteiger partial charge in [-0.25, -0.2) is 14.4 Å². The second-order valence-corrected chi connectivity index (χ2v) is 4.75. The molecule has 5 heteroatoms. The fourth-order valence-electron chi connectivity index (χ4n) is 1.84. The van der Waals surface area contributed by atoms with Gasteiger partial charge in [-0.05, 0) is 30.2 Å². The van der Waals surface area contributed by atoms with Gasteiger partial charge in [-0.15, -0.1) is 11.6 Å². The number of ether oxygens (including phenoxy) is 1. The van der Waals surface area contributed by atoms with E-state index in [-0.39, 0.29) is 11.2 Å². The molecule has 0 aliphatic heterocycles. The van der Waals surface area contributed by atoms with Crippen molar-refractivity contribution in [3.05, 3.63) is 53.2 Å². The molecule has 1 aromatic heterocycles. The predicted molar refractivity (Wildman–Crippen MR) is 72.0 cm³/mol. The van der Waals surface area contributed by atoms with Gasteiger partial charge in [0.1, 0.15) is 12.1 Å². The average Bonchev–Trinajstić information content (AvgIpc) is 2.41. The molecule has 0 aliphatic carbocycles. The van der Waals surface area contributed by atoms with Crippen LogP contribution in [0, 0.1) is 12.7 Å². The zero-order valence-electron chi connectivity index (χ0n) is 10.7. The fraction of sp³-hybridized carbons (Fsp3) is 0.286. The molecule has 3 nitrogen and oxygen atoms in total. The number of methoxy groups -OCH3 is 1. The lowest BCUT2D eigenvalue weighted by Crippen LogP contribution is -2.02. The third kappa shape index (κ3) is 3.41. The van der Waals surface area contributed by atoms with Crippen LogP contribution in [0.5, 0.6) is 5.88 Å². The van der Waals surface area contributed by atoms with Crippen LogP contribution in [-0.2, 0) is 6.42 Å². The molecule has 0 aliphatic rings. The molecule has 1 aromatic carbocycles. The van der Waals surface area contributed by atoms with Crippen LogP contribution in [-0.4, -0.2) is 17.1 Å². The molecule has 0 fully saturated rings. The lowest BCUT2D eigenvalue weighted by molar-refractivity contribution is 0.396. The Labute approximate surface area is 116 Å². The molecule has 0 radical (unpaired) electrons. The molecular weight excluding hydrogens is 267 g/mol. The Morgan fingerprint density at radius 2 is 2.11 bits per heavy atom. The number of aromatic nitrogens is 2. The van der Waals surface area contributed by atoms with Crippen LogP contribution in [0.1, 0.15) is 22.2 Å². The number of nitrogens with zero attached hydrogens (tertiary/aromatic N) is 2. The third-order valence-corrected chi connectivity index (χ3v) is 3.26. The Bertz CT molecular complexity index is 577. The zero-order chi connectivity index (χ0) is 13.8. The van der Waals surface area contributed by atoms with E-state index in [2.05, 4.69) is 9.97 Å². The summed E-state index contributed by atoms with van der Waals surface area (Å²) in [7, 11) is 1.54. The molecule has 0 bridgehead atoms. The van der Waals surface area contributed by atoms with E-state index < -0.39 is 0 Å². The molecule has 0 spiro atoms. The summed E-state index contributed by atoms with van der Waals surface area (Å²) in [6.45, 7) is 1.91. The first-order valence-electron chi connectivity index (χ1n) is 5.85. The molecule has 0 saturated heterocycles. The van der Waals surface area contributed by atoms with Gasteiger partial charge in [0.2, 0.25) is 5.88 Å². The summed E-state index contributed by atoms with van der Waals surface area (Å²) in [4.78, 5) is 8.07. The van der Waals surface area contributed by atoms with Gasteiger partial charge in [0.15, 0.2) is 0 Å². The highest BCUT2D eigenvalue weighted by Crippen LogP contribution is 2.28. The Morgan fingerprint density at radius 1 is 1.32 bits per heavy atom. The standard InChI is InChI=1S/C14H14ClFN2O/c1-9-3-4-10(16)5-12(9)13(15)6-11-7-14(19-2)18-8-17-11/h3-5,7-8,13H,6H2,1-2H3. The maximum atomic E-state index is 13.3. The van der Waals surface area contributed by atoms with E-state index in [0.29, 0.717) is 12.3 Å². The Kier molecular flexibility index (Phi) is 4.32. The summed E-state index contributed by atoms with van der Waals surface area (Å²) in [6, 6.07) is 6.34. The lowest BCUT2D eigenvalue weighted by Gasteiger charge is -2.12. The van der Waals surface area contributed by atoms with Crippen LogP contribution in [0.3, 0.4) is 0 Å². The molecule has 0 saturated carbocycles. The topological polar surface area (TPSA) is 35.0 Å². The highest BCUT2D eigenvalue weighted by Gasteiger charge is 2.14. The van der Waals surface area contributed by atoms with E-state index in [0.717, 1.165) is 16.8 Å². The van der Waals surface area contributed by atoms with E-state index in [4.69, 9.17) is 16.3 Å². The number of halogens is 2. The Hall–Kier alpha value is -1.68. The maximum absolute atomic E-state index is 13.3. The quantitative estimate of drug-likeness (QED) is 0.805. The molecule has 2 aromatic rings. The van der Waals surface area contributed by atoms with Crippen LogP contribution >= 0.6 is 11.6 Å². The average molecular weight is 281 g/mol. The summed E-state index contributed by atoms with van der Waals surface area (Å²) in [5.74, 6) is 0.205. The summed E-state index contributed by atoms with van der Waals surface area (Å²) in [6.07, 6.45) is 1.92. The largest absolute Gasteiger partial charge is 0.481 e. The molecule has 2 rings (SSSR count). The number of hydrogen-bond acceptors (Lipinski definition) is 3. The highest BCUT2D eigenvalue weighted by molar-refractivity contribution is 6.21. The first-order chi connectivity index (χ1) is 9.10. The SMILES string of the molecule is COc1cc(CC(Cl)c2cc(F)ccc2C)ncn1. The minimum absolute atomic E-state index is 0.286. The number of aryl methyl sites for hydroxylation is 1. The van der Waals surface area contributed by atoms with Crippen LogP contribution in [0.25, 0.3) is 0 Å². The molecule has 100 valence electrons. The molecule has 19 heavy (non-hydrogen) atoms. The third-order valence-electron chi connectivity index (χ3n) is 2.87. The number of benzene rings is 1. The normalized spacial score (nSPS) is 12.2. The van der Waals surface area contributed by atoms with Crippen molar-refractivity contribution >= 4 is 11.6 Å². The summed E-state index contributed by atoms with van der Waals surface area (Å²) in [5, 5.41) is -0.338.